The number of ether oxygens (including phenoxy) is 2. The van der Waals surface area contributed by atoms with Gasteiger partial charge < -0.3 is 14.8 Å². The van der Waals surface area contributed by atoms with Crippen molar-refractivity contribution in [1.29, 1.82) is 0 Å². The third-order valence-electron chi connectivity index (χ3n) is 5.62. The predicted molar refractivity (Wildman–Crippen MR) is 125 cm³/mol. The molecule has 0 aliphatic carbocycles. The molecule has 0 saturated carbocycles. The van der Waals surface area contributed by atoms with Crippen LogP contribution in [0.5, 0.6) is 5.88 Å². The van der Waals surface area contributed by atoms with E-state index in [1.54, 1.807) is 19.1 Å². The molecule has 2 aromatic heterocycles. The van der Waals surface area contributed by atoms with Crippen molar-refractivity contribution in [3.8, 4) is 17.0 Å². The first-order valence-corrected chi connectivity index (χ1v) is 12.2. The molecule has 1 aliphatic heterocycles. The Bertz CT molecular complexity index is 1450. The molecule has 1 aliphatic rings. The van der Waals surface area contributed by atoms with Gasteiger partial charge in [-0.3, -0.25) is 4.98 Å². The number of aryl methyl sites for hydroxylation is 1. The van der Waals surface area contributed by atoms with E-state index in [4.69, 9.17) is 14.6 Å². The normalized spacial score (nSPS) is 17.0. The van der Waals surface area contributed by atoms with E-state index in [-0.39, 0.29) is 34.7 Å². The maximum absolute atomic E-state index is 13.6. The Morgan fingerprint density at radius 1 is 1.33 bits per heavy atom. The number of aromatic nitrogens is 3. The molecule has 3 N–H and O–H groups in total. The van der Waals surface area contributed by atoms with Gasteiger partial charge in [-0.05, 0) is 43.2 Å². The van der Waals surface area contributed by atoms with E-state index >= 15 is 0 Å². The summed E-state index contributed by atoms with van der Waals surface area (Å²) in [6, 6.07) is 4.24. The molecule has 0 bridgehead atoms. The second-order valence-corrected chi connectivity index (χ2v) is 9.86. The van der Waals surface area contributed by atoms with Crippen LogP contribution in [-0.2, 0) is 27.4 Å². The predicted octanol–water partition coefficient (Wildman–Crippen LogP) is 3.92. The fourth-order valence-electron chi connectivity index (χ4n) is 3.83. The molecule has 0 spiro atoms. The first kappa shape index (κ1) is 25.6. The zero-order chi connectivity index (χ0) is 26.3. The van der Waals surface area contributed by atoms with E-state index in [2.05, 4.69) is 19.8 Å². The summed E-state index contributed by atoms with van der Waals surface area (Å²) in [6.45, 7) is 3.41. The van der Waals surface area contributed by atoms with Crippen molar-refractivity contribution in [3.05, 3.63) is 53.5 Å². The summed E-state index contributed by atoms with van der Waals surface area (Å²) in [6.07, 6.45) is -2.27. The number of amides is 2. The van der Waals surface area contributed by atoms with Crippen molar-refractivity contribution in [3.63, 3.8) is 0 Å². The molecule has 3 heterocycles. The van der Waals surface area contributed by atoms with E-state index < -0.39 is 27.7 Å². The van der Waals surface area contributed by atoms with Crippen LogP contribution in [0.1, 0.15) is 16.8 Å². The fourth-order valence-corrected chi connectivity index (χ4v) is 4.83. The Labute approximate surface area is 204 Å². The minimum Gasteiger partial charge on any atom is -0.474 e. The summed E-state index contributed by atoms with van der Waals surface area (Å²) < 4.78 is 69.7. The lowest BCUT2D eigenvalue weighted by molar-refractivity contribution is -0.138. The van der Waals surface area contributed by atoms with Crippen LogP contribution in [0.2, 0.25) is 0 Å². The summed E-state index contributed by atoms with van der Waals surface area (Å²) in [5, 5.41) is 12.3. The lowest BCUT2D eigenvalue weighted by Crippen LogP contribution is -2.32. The summed E-state index contributed by atoms with van der Waals surface area (Å²) in [7, 11) is -2.35. The van der Waals surface area contributed by atoms with Gasteiger partial charge in [0.25, 0.3) is 0 Å². The highest BCUT2D eigenvalue weighted by Crippen LogP contribution is 2.40. The van der Waals surface area contributed by atoms with Crippen molar-refractivity contribution < 1.29 is 31.6 Å². The van der Waals surface area contributed by atoms with Gasteiger partial charge in [0.1, 0.15) is 17.6 Å². The molecular formula is C22H23F3N6O4S. The molecule has 3 aromatic rings. The standard InChI is InChI=1S/C22H23F3N6O4S/c1-12-8-14(6-7-27-12)16-4-5-17(22(23,24)25)13(2)19(16)29-21(32)30-36(26,33)18-9-28-31-10-15(34-3)11-35-20(18)31/h4-9,15H,10-11H2,1-3H3,(H3,26,29,30,32,33). The summed E-state index contributed by atoms with van der Waals surface area (Å²) in [5.74, 6) is 0.0792. The molecule has 14 heteroatoms. The third-order valence-corrected chi connectivity index (χ3v) is 6.97. The number of halogens is 3. The lowest BCUT2D eigenvalue weighted by Gasteiger charge is -2.23. The molecule has 10 nitrogen and oxygen atoms in total. The van der Waals surface area contributed by atoms with Crippen LogP contribution in [0.3, 0.4) is 0 Å². The third kappa shape index (κ3) is 5.05. The number of carbonyl (C=O) groups is 1. The SMILES string of the molecule is COC1COc2c(S(N)(=O)=NC(=O)Nc3c(-c4ccnc(C)c4)ccc(C(F)(F)F)c3C)cnn2C1. The van der Waals surface area contributed by atoms with E-state index in [1.165, 1.54) is 37.2 Å². The van der Waals surface area contributed by atoms with Crippen LogP contribution in [0, 0.1) is 13.8 Å². The number of methoxy groups -OCH3 is 1. The number of hydrogen-bond acceptors (Lipinski definition) is 6. The monoisotopic (exact) mass is 524 g/mol. The van der Waals surface area contributed by atoms with Crippen LogP contribution >= 0.6 is 0 Å². The molecule has 0 fully saturated rings. The first-order valence-electron chi connectivity index (χ1n) is 10.6. The second-order valence-electron chi connectivity index (χ2n) is 8.10. The minimum atomic E-state index is -4.66. The van der Waals surface area contributed by atoms with Crippen molar-refractivity contribution in [1.82, 2.24) is 14.8 Å². The fraction of sp³-hybridized carbons (Fsp3) is 0.318. The number of fused-ring (bicyclic) bond motifs is 1. The number of urea groups is 1. The molecular weight excluding hydrogens is 501 g/mol. The molecule has 2 atom stereocenters. The zero-order valence-electron chi connectivity index (χ0n) is 19.5. The molecule has 0 radical (unpaired) electrons. The number of pyridine rings is 1. The quantitative estimate of drug-likeness (QED) is 0.531. The number of nitrogens with zero attached hydrogens (tertiary/aromatic N) is 4. The van der Waals surface area contributed by atoms with Gasteiger partial charge in [-0.1, -0.05) is 6.07 Å². The molecule has 36 heavy (non-hydrogen) atoms. The van der Waals surface area contributed by atoms with Crippen LogP contribution in [-0.4, -0.2) is 44.8 Å². The van der Waals surface area contributed by atoms with Gasteiger partial charge >= 0.3 is 12.2 Å². The zero-order valence-corrected chi connectivity index (χ0v) is 20.3. The molecule has 2 amide bonds. The number of rotatable bonds is 4. The Hall–Kier alpha value is -3.49. The summed E-state index contributed by atoms with van der Waals surface area (Å²) in [4.78, 5) is 16.8. The van der Waals surface area contributed by atoms with Gasteiger partial charge in [0.2, 0.25) is 5.88 Å². The number of alkyl halides is 3. The largest absolute Gasteiger partial charge is 0.474 e. The number of benzene rings is 1. The summed E-state index contributed by atoms with van der Waals surface area (Å²) >= 11 is 0. The number of carbonyl (C=O) groups excluding carboxylic acids is 1. The van der Waals surface area contributed by atoms with Crippen LogP contribution < -0.4 is 15.2 Å². The van der Waals surface area contributed by atoms with Crippen molar-refractivity contribution in [2.75, 3.05) is 19.0 Å². The molecule has 0 saturated heterocycles. The smallest absolute Gasteiger partial charge is 0.416 e. The lowest BCUT2D eigenvalue weighted by atomic mass is 9.96. The van der Waals surface area contributed by atoms with Crippen LogP contribution in [0.15, 0.2) is 45.9 Å². The van der Waals surface area contributed by atoms with E-state index in [0.29, 0.717) is 23.4 Å². The Morgan fingerprint density at radius 2 is 2.08 bits per heavy atom. The number of hydrogen-bond donors (Lipinski definition) is 2. The highest BCUT2D eigenvalue weighted by atomic mass is 32.2. The minimum absolute atomic E-state index is 0.0792. The average molecular weight is 525 g/mol. The molecule has 2 unspecified atom stereocenters. The maximum atomic E-state index is 13.6. The van der Waals surface area contributed by atoms with Gasteiger partial charge in [0.15, 0.2) is 9.92 Å². The molecule has 1 aromatic carbocycles. The topological polar surface area (TPSA) is 134 Å². The Morgan fingerprint density at radius 3 is 2.75 bits per heavy atom. The number of anilines is 1. The van der Waals surface area contributed by atoms with Gasteiger partial charge in [-0.2, -0.15) is 18.3 Å². The molecule has 4 rings (SSSR count). The highest BCUT2D eigenvalue weighted by Gasteiger charge is 2.34. The second kappa shape index (κ2) is 9.52. The number of nitrogens with one attached hydrogen (secondary N) is 1. The van der Waals surface area contributed by atoms with Crippen LogP contribution in [0.4, 0.5) is 23.7 Å². The van der Waals surface area contributed by atoms with E-state index in [9.17, 15) is 22.2 Å². The highest BCUT2D eigenvalue weighted by molar-refractivity contribution is 7.91. The van der Waals surface area contributed by atoms with E-state index in [1.807, 2.05) is 0 Å². The Balaban J connectivity index is 1.74. The molecule has 192 valence electrons. The maximum Gasteiger partial charge on any atom is 0.416 e. The van der Waals surface area contributed by atoms with Gasteiger partial charge in [-0.15, -0.1) is 4.36 Å². The van der Waals surface area contributed by atoms with Crippen molar-refractivity contribution in [2.24, 2.45) is 9.50 Å². The van der Waals surface area contributed by atoms with Gasteiger partial charge in [0, 0.05) is 24.6 Å². The average Bonchev–Trinajstić information content (AvgIpc) is 3.23. The van der Waals surface area contributed by atoms with E-state index in [0.717, 1.165) is 6.07 Å². The van der Waals surface area contributed by atoms with Gasteiger partial charge in [0.05, 0.1) is 24.0 Å². The summed E-state index contributed by atoms with van der Waals surface area (Å²) in [5.41, 5.74) is 0.130. The van der Waals surface area contributed by atoms with Crippen molar-refractivity contribution in [2.45, 2.75) is 37.6 Å². The first-order chi connectivity index (χ1) is 16.9. The number of nitrogens with two attached hydrogens (primary N) is 1. The van der Waals surface area contributed by atoms with Gasteiger partial charge in [-0.25, -0.2) is 18.8 Å². The van der Waals surface area contributed by atoms with Crippen molar-refractivity contribution >= 4 is 21.6 Å². The van der Waals surface area contributed by atoms with Crippen LogP contribution in [0.25, 0.3) is 11.1 Å². The Kier molecular flexibility index (Phi) is 6.77.